The number of benzene rings is 2. The average molecular weight is 439 g/mol. The first kappa shape index (κ1) is 17.1. The van der Waals surface area contributed by atoms with Crippen LogP contribution in [0.1, 0.15) is 17.0 Å². The number of terminal acetylenes is 1. The number of aromatic amines is 1. The molecule has 0 aliphatic carbocycles. The second-order valence-corrected chi connectivity index (χ2v) is 6.62. The largest absolute Gasteiger partial charge is 0.480 e. The van der Waals surface area contributed by atoms with Crippen molar-refractivity contribution >= 4 is 45.3 Å². The van der Waals surface area contributed by atoms with E-state index in [0.29, 0.717) is 11.4 Å². The van der Waals surface area contributed by atoms with Crippen molar-refractivity contribution in [2.24, 2.45) is 0 Å². The molecule has 0 bridgehead atoms. The summed E-state index contributed by atoms with van der Waals surface area (Å²) in [6.07, 6.45) is 7.02. The van der Waals surface area contributed by atoms with Crippen LogP contribution in [0.2, 0.25) is 0 Å². The maximum Gasteiger partial charge on any atom is 0.149 e. The van der Waals surface area contributed by atoms with Gasteiger partial charge in [0.05, 0.1) is 20.2 Å². The van der Waals surface area contributed by atoms with Gasteiger partial charge in [-0.05, 0) is 71.0 Å². The lowest BCUT2D eigenvalue weighted by atomic mass is 10.1. The molecule has 0 aliphatic rings. The molecule has 0 atom stereocenters. The first-order valence-corrected chi connectivity index (χ1v) is 8.63. The van der Waals surface area contributed by atoms with Crippen molar-refractivity contribution < 1.29 is 4.74 Å². The number of fused-ring (bicyclic) bond motifs is 1. The third kappa shape index (κ3) is 3.84. The van der Waals surface area contributed by atoms with Gasteiger partial charge in [-0.3, -0.25) is 0 Å². The van der Waals surface area contributed by atoms with Crippen LogP contribution in [0.15, 0.2) is 36.4 Å². The minimum absolute atomic E-state index is 0.229. The molecule has 2 aromatic carbocycles. The first-order valence-electron chi connectivity index (χ1n) is 7.55. The van der Waals surface area contributed by atoms with Gasteiger partial charge in [-0.15, -0.1) is 6.42 Å². The van der Waals surface area contributed by atoms with E-state index in [0.717, 1.165) is 31.5 Å². The molecular formula is C20H14IN3O. The van der Waals surface area contributed by atoms with Gasteiger partial charge in [-0.25, -0.2) is 4.98 Å². The summed E-state index contributed by atoms with van der Waals surface area (Å²) < 4.78 is 6.39. The van der Waals surface area contributed by atoms with Crippen LogP contribution < -0.4 is 4.74 Å². The van der Waals surface area contributed by atoms with Crippen LogP contribution >= 0.6 is 22.6 Å². The molecule has 0 saturated carbocycles. The van der Waals surface area contributed by atoms with Gasteiger partial charge in [-0.1, -0.05) is 18.1 Å². The van der Waals surface area contributed by atoms with E-state index >= 15 is 0 Å². The number of allylic oxidation sites excluding steroid dienone is 1. The molecule has 122 valence electrons. The molecule has 0 spiro atoms. The van der Waals surface area contributed by atoms with Gasteiger partial charge in [0.1, 0.15) is 24.3 Å². The van der Waals surface area contributed by atoms with Gasteiger partial charge in [0.15, 0.2) is 0 Å². The summed E-state index contributed by atoms with van der Waals surface area (Å²) in [7, 11) is 0. The van der Waals surface area contributed by atoms with Crippen LogP contribution in [-0.2, 0) is 0 Å². The lowest BCUT2D eigenvalue weighted by Crippen LogP contribution is -1.95. The molecule has 0 radical (unpaired) electrons. The Labute approximate surface area is 159 Å². The van der Waals surface area contributed by atoms with Crippen LogP contribution in [0, 0.1) is 34.2 Å². The second kappa shape index (κ2) is 7.42. The van der Waals surface area contributed by atoms with E-state index < -0.39 is 0 Å². The molecule has 0 saturated heterocycles. The van der Waals surface area contributed by atoms with Crippen molar-refractivity contribution in [2.45, 2.75) is 6.92 Å². The first-order chi connectivity index (χ1) is 12.1. The molecule has 0 fully saturated rings. The van der Waals surface area contributed by atoms with Crippen molar-refractivity contribution in [3.05, 3.63) is 56.9 Å². The number of halogens is 1. The van der Waals surface area contributed by atoms with Crippen LogP contribution in [-0.4, -0.2) is 16.6 Å². The highest BCUT2D eigenvalue weighted by atomic mass is 127. The third-order valence-corrected chi connectivity index (χ3v) is 4.43. The van der Waals surface area contributed by atoms with Crippen LogP contribution in [0.25, 0.3) is 22.7 Å². The molecule has 3 rings (SSSR count). The van der Waals surface area contributed by atoms with Gasteiger partial charge in [0.25, 0.3) is 0 Å². The predicted octanol–water partition coefficient (Wildman–Crippen LogP) is 4.55. The number of ether oxygens (including phenoxy) is 1. The fourth-order valence-corrected chi connectivity index (χ4v) is 3.11. The zero-order valence-corrected chi connectivity index (χ0v) is 15.7. The molecule has 25 heavy (non-hydrogen) atoms. The smallest absolute Gasteiger partial charge is 0.149 e. The molecule has 5 heteroatoms. The van der Waals surface area contributed by atoms with E-state index in [1.165, 1.54) is 0 Å². The van der Waals surface area contributed by atoms with Gasteiger partial charge in [0, 0.05) is 0 Å². The zero-order valence-electron chi connectivity index (χ0n) is 13.5. The molecule has 0 unspecified atom stereocenters. The fourth-order valence-electron chi connectivity index (χ4n) is 2.41. The van der Waals surface area contributed by atoms with Gasteiger partial charge < -0.3 is 9.72 Å². The average Bonchev–Trinajstić information content (AvgIpc) is 3.01. The highest BCUT2D eigenvalue weighted by molar-refractivity contribution is 14.1. The summed E-state index contributed by atoms with van der Waals surface area (Å²) in [5, 5.41) is 9.53. The Morgan fingerprint density at radius 1 is 1.36 bits per heavy atom. The van der Waals surface area contributed by atoms with Crippen LogP contribution in [0.3, 0.4) is 0 Å². The maximum absolute atomic E-state index is 9.53. The van der Waals surface area contributed by atoms with Crippen molar-refractivity contribution in [3.63, 3.8) is 0 Å². The number of H-pyrrole nitrogens is 1. The Bertz CT molecular complexity index is 1050. The second-order valence-electron chi connectivity index (χ2n) is 5.46. The van der Waals surface area contributed by atoms with Gasteiger partial charge in [0.2, 0.25) is 0 Å². The highest BCUT2D eigenvalue weighted by Gasteiger charge is 2.09. The SMILES string of the molecule is C#CCOc1ccc(/C=C(/C#N)c2nc3ccc(C)cc3[nH]2)cc1I. The molecule has 1 aromatic heterocycles. The number of nitriles is 1. The van der Waals surface area contributed by atoms with E-state index in [4.69, 9.17) is 11.2 Å². The van der Waals surface area contributed by atoms with E-state index in [9.17, 15) is 5.26 Å². The van der Waals surface area contributed by atoms with Crippen LogP contribution in [0.5, 0.6) is 5.75 Å². The number of imidazole rings is 1. The summed E-state index contributed by atoms with van der Waals surface area (Å²) >= 11 is 2.19. The number of nitrogens with one attached hydrogen (secondary N) is 1. The Balaban J connectivity index is 1.95. The van der Waals surface area contributed by atoms with Crippen molar-refractivity contribution in [1.29, 1.82) is 5.26 Å². The molecule has 0 amide bonds. The number of rotatable bonds is 4. The molecule has 1 N–H and O–H groups in total. The fraction of sp³-hybridized carbons (Fsp3) is 0.100. The Hall–Kier alpha value is -2.77. The molecule has 1 heterocycles. The van der Waals surface area contributed by atoms with Gasteiger partial charge in [-0.2, -0.15) is 5.26 Å². The number of aromatic nitrogens is 2. The minimum Gasteiger partial charge on any atom is -0.480 e. The molecular weight excluding hydrogens is 425 g/mol. The highest BCUT2D eigenvalue weighted by Crippen LogP contribution is 2.25. The molecule has 3 aromatic rings. The summed E-state index contributed by atoms with van der Waals surface area (Å²) in [4.78, 5) is 7.72. The van der Waals surface area contributed by atoms with Crippen molar-refractivity contribution in [2.75, 3.05) is 6.61 Å². The summed E-state index contributed by atoms with van der Waals surface area (Å²) in [6.45, 7) is 2.25. The van der Waals surface area contributed by atoms with E-state index in [1.807, 2.05) is 43.3 Å². The summed E-state index contributed by atoms with van der Waals surface area (Å²) in [5.74, 6) is 3.74. The van der Waals surface area contributed by atoms with Crippen LogP contribution in [0.4, 0.5) is 0 Å². The van der Waals surface area contributed by atoms with E-state index in [1.54, 1.807) is 6.08 Å². The maximum atomic E-state index is 9.53. The lowest BCUT2D eigenvalue weighted by molar-refractivity contribution is 0.368. The van der Waals surface area contributed by atoms with Crippen molar-refractivity contribution in [1.82, 2.24) is 9.97 Å². The zero-order chi connectivity index (χ0) is 17.8. The minimum atomic E-state index is 0.229. The topological polar surface area (TPSA) is 61.7 Å². The number of aryl methyl sites for hydroxylation is 1. The Kier molecular flexibility index (Phi) is 5.06. The van der Waals surface area contributed by atoms with E-state index in [2.05, 4.69) is 44.5 Å². The standard InChI is InChI=1S/C20H14IN3O/c1-3-8-25-19-7-5-14(11-16(19)21)10-15(12-22)20-23-17-6-4-13(2)9-18(17)24-20/h1,4-7,9-11H,8H2,2H3,(H,23,24)/b15-10-. The van der Waals surface area contributed by atoms with E-state index in [-0.39, 0.29) is 6.61 Å². The number of hydrogen-bond acceptors (Lipinski definition) is 3. The third-order valence-electron chi connectivity index (χ3n) is 3.59. The number of hydrogen-bond donors (Lipinski definition) is 1. The summed E-state index contributed by atoms with van der Waals surface area (Å²) in [5.41, 5.74) is 4.27. The monoisotopic (exact) mass is 439 g/mol. The predicted molar refractivity (Wildman–Crippen MR) is 108 cm³/mol. The quantitative estimate of drug-likeness (QED) is 0.369. The normalized spacial score (nSPS) is 11.1. The lowest BCUT2D eigenvalue weighted by Gasteiger charge is -2.06. The Morgan fingerprint density at radius 2 is 2.20 bits per heavy atom. The summed E-state index contributed by atoms with van der Waals surface area (Å²) in [6, 6.07) is 13.9. The van der Waals surface area contributed by atoms with Crippen molar-refractivity contribution in [3.8, 4) is 24.2 Å². The number of nitrogens with zero attached hydrogens (tertiary/aromatic N) is 2. The molecule has 0 aliphatic heterocycles. The molecule has 4 nitrogen and oxygen atoms in total. The van der Waals surface area contributed by atoms with Gasteiger partial charge >= 0.3 is 0 Å². The Morgan fingerprint density at radius 3 is 2.92 bits per heavy atom.